The molecule has 4 rings (SSSR count). The van der Waals surface area contributed by atoms with E-state index in [9.17, 15) is 0 Å². The van der Waals surface area contributed by atoms with Gasteiger partial charge in [0.25, 0.3) is 0 Å². The molecule has 1 nitrogen and oxygen atoms in total. The maximum absolute atomic E-state index is 5.11. The van der Waals surface area contributed by atoms with Crippen molar-refractivity contribution >= 4 is 22.7 Å². The molecule has 0 saturated heterocycles. The van der Waals surface area contributed by atoms with E-state index >= 15 is 0 Å². The predicted molar refractivity (Wildman–Crippen MR) is 106 cm³/mol. The van der Waals surface area contributed by atoms with E-state index in [1.54, 1.807) is 0 Å². The van der Waals surface area contributed by atoms with Crippen LogP contribution in [-0.4, -0.2) is 11.8 Å². The van der Waals surface area contributed by atoms with Gasteiger partial charge < -0.3 is 0 Å². The Labute approximate surface area is 153 Å². The second kappa shape index (κ2) is 7.59. The van der Waals surface area contributed by atoms with Gasteiger partial charge in [-0.3, -0.25) is 4.99 Å². The molecule has 0 spiro atoms. The molecule has 0 aromatic heterocycles. The van der Waals surface area contributed by atoms with Crippen LogP contribution in [0.4, 0.5) is 0 Å². The number of hydrogen-bond acceptors (Lipinski definition) is 1. The minimum Gasteiger partial charge on any atom is -0.280 e. The molecule has 3 aromatic carbocycles. The standard InChI is InChI=1S/C22H19N.BrH/c1-3-9-17(10-4-1)15-20-16-19-13-7-8-14-21(19)22(23-20)18-11-5-2-6-12-18;/h1-14,20H,15-16H2;1H. The lowest BCUT2D eigenvalue weighted by Gasteiger charge is -2.24. The van der Waals surface area contributed by atoms with Crippen LogP contribution < -0.4 is 0 Å². The van der Waals surface area contributed by atoms with Gasteiger partial charge in [-0.2, -0.15) is 0 Å². The van der Waals surface area contributed by atoms with E-state index in [4.69, 9.17) is 4.99 Å². The number of benzene rings is 3. The lowest BCUT2D eigenvalue weighted by molar-refractivity contribution is 0.658. The van der Waals surface area contributed by atoms with Crippen molar-refractivity contribution in [3.63, 3.8) is 0 Å². The van der Waals surface area contributed by atoms with E-state index in [1.165, 1.54) is 22.3 Å². The van der Waals surface area contributed by atoms with Crippen LogP contribution in [0.25, 0.3) is 0 Å². The van der Waals surface area contributed by atoms with Gasteiger partial charge in [-0.1, -0.05) is 84.9 Å². The van der Waals surface area contributed by atoms with Crippen molar-refractivity contribution in [3.05, 3.63) is 107 Å². The third kappa shape index (κ3) is 3.49. The molecule has 0 saturated carbocycles. The Bertz CT molecular complexity index is 825. The SMILES string of the molecule is Br.c1ccc(CC2Cc3ccccc3C(c3ccccc3)=N2)cc1. The molecule has 0 aliphatic carbocycles. The largest absolute Gasteiger partial charge is 0.280 e. The minimum absolute atomic E-state index is 0. The van der Waals surface area contributed by atoms with Gasteiger partial charge in [-0.25, -0.2) is 0 Å². The average Bonchev–Trinajstić information content (AvgIpc) is 2.63. The highest BCUT2D eigenvalue weighted by molar-refractivity contribution is 8.93. The molecule has 3 aromatic rings. The van der Waals surface area contributed by atoms with Crippen LogP contribution in [0, 0.1) is 0 Å². The van der Waals surface area contributed by atoms with E-state index in [0.717, 1.165) is 18.6 Å². The highest BCUT2D eigenvalue weighted by Gasteiger charge is 2.21. The van der Waals surface area contributed by atoms with Gasteiger partial charge in [0.15, 0.2) is 0 Å². The molecule has 0 radical (unpaired) electrons. The van der Waals surface area contributed by atoms with Crippen molar-refractivity contribution in [1.29, 1.82) is 0 Å². The summed E-state index contributed by atoms with van der Waals surface area (Å²) in [6.07, 6.45) is 2.01. The zero-order chi connectivity index (χ0) is 15.5. The first-order valence-electron chi connectivity index (χ1n) is 8.15. The number of fused-ring (bicyclic) bond motifs is 1. The fraction of sp³-hybridized carbons (Fsp3) is 0.136. The number of hydrogen-bond donors (Lipinski definition) is 0. The Hall–Kier alpha value is -2.19. The third-order valence-corrected chi connectivity index (χ3v) is 4.40. The molecular weight excluding hydrogens is 358 g/mol. The Balaban J connectivity index is 0.00000169. The molecule has 1 unspecified atom stereocenters. The summed E-state index contributed by atoms with van der Waals surface area (Å²) in [5, 5.41) is 0. The molecule has 1 atom stereocenters. The van der Waals surface area contributed by atoms with Crippen LogP contribution in [0.15, 0.2) is 89.9 Å². The first-order valence-corrected chi connectivity index (χ1v) is 8.15. The maximum Gasteiger partial charge on any atom is 0.0725 e. The van der Waals surface area contributed by atoms with Gasteiger partial charge in [0.05, 0.1) is 11.8 Å². The molecule has 1 aliphatic heterocycles. The average molecular weight is 378 g/mol. The molecule has 1 heterocycles. The van der Waals surface area contributed by atoms with Gasteiger partial charge in [-0.15, -0.1) is 17.0 Å². The Morgan fingerprint density at radius 3 is 2.12 bits per heavy atom. The smallest absolute Gasteiger partial charge is 0.0725 e. The van der Waals surface area contributed by atoms with Crippen molar-refractivity contribution in [2.45, 2.75) is 18.9 Å². The summed E-state index contributed by atoms with van der Waals surface area (Å²) >= 11 is 0. The Kier molecular flexibility index (Phi) is 5.27. The summed E-state index contributed by atoms with van der Waals surface area (Å²) in [7, 11) is 0. The number of nitrogens with zero attached hydrogens (tertiary/aromatic N) is 1. The van der Waals surface area contributed by atoms with E-state index in [1.807, 2.05) is 0 Å². The molecule has 24 heavy (non-hydrogen) atoms. The Morgan fingerprint density at radius 1 is 0.750 bits per heavy atom. The topological polar surface area (TPSA) is 12.4 Å². The molecule has 2 heteroatoms. The quantitative estimate of drug-likeness (QED) is 0.589. The normalized spacial score (nSPS) is 15.8. The van der Waals surface area contributed by atoms with Gasteiger partial charge >= 0.3 is 0 Å². The summed E-state index contributed by atoms with van der Waals surface area (Å²) in [4.78, 5) is 5.11. The zero-order valence-corrected chi connectivity index (χ0v) is 15.1. The highest BCUT2D eigenvalue weighted by atomic mass is 79.9. The summed E-state index contributed by atoms with van der Waals surface area (Å²) in [6.45, 7) is 0. The monoisotopic (exact) mass is 377 g/mol. The first-order chi connectivity index (χ1) is 11.4. The van der Waals surface area contributed by atoms with E-state index in [2.05, 4.69) is 84.9 Å². The fourth-order valence-electron chi connectivity index (χ4n) is 3.31. The Morgan fingerprint density at radius 2 is 1.38 bits per heavy atom. The van der Waals surface area contributed by atoms with Crippen molar-refractivity contribution in [2.24, 2.45) is 4.99 Å². The molecule has 0 N–H and O–H groups in total. The van der Waals surface area contributed by atoms with Gasteiger partial charge in [0.2, 0.25) is 0 Å². The minimum atomic E-state index is 0. The second-order valence-corrected chi connectivity index (χ2v) is 6.05. The van der Waals surface area contributed by atoms with Crippen LogP contribution in [0.3, 0.4) is 0 Å². The lowest BCUT2D eigenvalue weighted by Crippen LogP contribution is -2.23. The van der Waals surface area contributed by atoms with Crippen molar-refractivity contribution < 1.29 is 0 Å². The molecule has 0 bridgehead atoms. The number of aliphatic imine (C=N–C) groups is 1. The second-order valence-electron chi connectivity index (χ2n) is 6.05. The predicted octanol–water partition coefficient (Wildman–Crippen LogP) is 5.27. The fourth-order valence-corrected chi connectivity index (χ4v) is 3.31. The summed E-state index contributed by atoms with van der Waals surface area (Å²) < 4.78 is 0. The molecule has 120 valence electrons. The third-order valence-electron chi connectivity index (χ3n) is 4.40. The van der Waals surface area contributed by atoms with Crippen LogP contribution in [0.2, 0.25) is 0 Å². The van der Waals surface area contributed by atoms with E-state index in [0.29, 0.717) is 6.04 Å². The van der Waals surface area contributed by atoms with Crippen LogP contribution in [0.5, 0.6) is 0 Å². The van der Waals surface area contributed by atoms with Crippen molar-refractivity contribution in [2.75, 3.05) is 0 Å². The number of halogens is 1. The zero-order valence-electron chi connectivity index (χ0n) is 13.4. The van der Waals surface area contributed by atoms with E-state index in [-0.39, 0.29) is 17.0 Å². The van der Waals surface area contributed by atoms with Crippen LogP contribution in [-0.2, 0) is 12.8 Å². The molecule has 0 fully saturated rings. The molecule has 0 amide bonds. The van der Waals surface area contributed by atoms with E-state index < -0.39 is 0 Å². The maximum atomic E-state index is 5.11. The first kappa shape index (κ1) is 16.7. The highest BCUT2D eigenvalue weighted by Crippen LogP contribution is 2.25. The summed E-state index contributed by atoms with van der Waals surface area (Å²) in [5.41, 5.74) is 6.38. The van der Waals surface area contributed by atoms with Crippen molar-refractivity contribution in [3.8, 4) is 0 Å². The van der Waals surface area contributed by atoms with Gasteiger partial charge in [0.1, 0.15) is 0 Å². The van der Waals surface area contributed by atoms with Gasteiger partial charge in [-0.05, 0) is 24.0 Å². The summed E-state index contributed by atoms with van der Waals surface area (Å²) in [5.74, 6) is 0. The van der Waals surface area contributed by atoms with Gasteiger partial charge in [0, 0.05) is 11.1 Å². The molecular formula is C22H20BrN. The van der Waals surface area contributed by atoms with Crippen molar-refractivity contribution in [1.82, 2.24) is 0 Å². The number of rotatable bonds is 3. The van der Waals surface area contributed by atoms with Crippen LogP contribution in [0.1, 0.15) is 22.3 Å². The lowest BCUT2D eigenvalue weighted by atomic mass is 9.88. The molecule has 1 aliphatic rings. The van der Waals surface area contributed by atoms with Crippen LogP contribution >= 0.6 is 17.0 Å². The summed E-state index contributed by atoms with van der Waals surface area (Å²) in [6, 6.07) is 30.2.